The van der Waals surface area contributed by atoms with E-state index in [9.17, 15) is 9.59 Å². The molecular weight excluding hydrogens is 300 g/mol. The molecule has 2 atom stereocenters. The Balaban J connectivity index is 1.58. The summed E-state index contributed by atoms with van der Waals surface area (Å²) in [5.74, 6) is -1.41. The molecule has 116 valence electrons. The second-order valence-corrected chi connectivity index (χ2v) is 6.81. The largest absolute Gasteiger partial charge is 0.481 e. The summed E-state index contributed by atoms with van der Waals surface area (Å²) in [5.41, 5.74) is 0.945. The quantitative estimate of drug-likeness (QED) is 0.908. The fourth-order valence-corrected chi connectivity index (χ4v) is 3.86. The molecule has 2 N–H and O–H groups in total. The van der Waals surface area contributed by atoms with Crippen LogP contribution in [0.2, 0.25) is 0 Å². The Morgan fingerprint density at radius 1 is 1.27 bits per heavy atom. The average Bonchev–Trinajstić information content (AvgIpc) is 2.95. The van der Waals surface area contributed by atoms with Gasteiger partial charge in [0, 0.05) is 5.92 Å². The summed E-state index contributed by atoms with van der Waals surface area (Å²) in [4.78, 5) is 27.8. The predicted octanol–water partition coefficient (Wildman–Crippen LogP) is 2.80. The summed E-state index contributed by atoms with van der Waals surface area (Å²) in [6.07, 6.45) is 2.70. The summed E-state index contributed by atoms with van der Waals surface area (Å²) < 4.78 is 1.11. The molecule has 1 aliphatic carbocycles. The topological polar surface area (TPSA) is 79.3 Å². The van der Waals surface area contributed by atoms with Crippen LogP contribution in [0.4, 0.5) is 0 Å². The highest BCUT2D eigenvalue weighted by molar-refractivity contribution is 7.18. The number of carboxylic acid groups (broad SMARTS) is 1. The maximum atomic E-state index is 12.2. The van der Waals surface area contributed by atoms with Gasteiger partial charge in [-0.2, -0.15) is 0 Å². The molecule has 1 heterocycles. The smallest absolute Gasteiger partial charge is 0.306 e. The molecule has 1 fully saturated rings. The number of nitrogens with one attached hydrogen (secondary N) is 1. The highest BCUT2D eigenvalue weighted by atomic mass is 32.1. The second-order valence-electron chi connectivity index (χ2n) is 5.69. The van der Waals surface area contributed by atoms with E-state index in [1.807, 2.05) is 24.3 Å². The first-order valence-electron chi connectivity index (χ1n) is 7.48. The van der Waals surface area contributed by atoms with Crippen molar-refractivity contribution in [2.75, 3.05) is 0 Å². The maximum absolute atomic E-state index is 12.2. The van der Waals surface area contributed by atoms with Crippen LogP contribution in [0.5, 0.6) is 0 Å². The number of nitrogens with zero attached hydrogens (tertiary/aromatic N) is 1. The van der Waals surface area contributed by atoms with E-state index in [2.05, 4.69) is 10.3 Å². The third-order valence-corrected chi connectivity index (χ3v) is 5.18. The first-order chi connectivity index (χ1) is 10.6. The molecule has 0 radical (unpaired) electrons. The summed E-state index contributed by atoms with van der Waals surface area (Å²) in [5, 5.41) is 12.9. The molecule has 2 aromatic rings. The highest BCUT2D eigenvalue weighted by Crippen LogP contribution is 2.29. The summed E-state index contributed by atoms with van der Waals surface area (Å²) in [6, 6.07) is 7.88. The Morgan fingerprint density at radius 3 is 2.82 bits per heavy atom. The van der Waals surface area contributed by atoms with Crippen LogP contribution in [-0.4, -0.2) is 22.0 Å². The van der Waals surface area contributed by atoms with Crippen LogP contribution in [0.15, 0.2) is 24.3 Å². The lowest BCUT2D eigenvalue weighted by molar-refractivity contribution is -0.144. The van der Waals surface area contributed by atoms with E-state index >= 15 is 0 Å². The van der Waals surface area contributed by atoms with Gasteiger partial charge in [0.25, 0.3) is 0 Å². The SMILES string of the molecule is O=C(O)C1CCCC(C(=O)NCc2nc3ccccc3s2)C1. The Bertz CT molecular complexity index is 665. The molecule has 2 unspecified atom stereocenters. The Labute approximate surface area is 132 Å². The molecule has 6 heteroatoms. The van der Waals surface area contributed by atoms with Gasteiger partial charge in [-0.15, -0.1) is 11.3 Å². The van der Waals surface area contributed by atoms with Crippen molar-refractivity contribution < 1.29 is 14.7 Å². The van der Waals surface area contributed by atoms with Crippen LogP contribution in [0.1, 0.15) is 30.7 Å². The van der Waals surface area contributed by atoms with Gasteiger partial charge >= 0.3 is 5.97 Å². The standard InChI is InChI=1S/C16H18N2O3S/c19-15(10-4-3-5-11(8-10)16(20)21)17-9-14-18-12-6-1-2-7-13(12)22-14/h1-2,6-7,10-11H,3-5,8-9H2,(H,17,19)(H,20,21). The molecule has 1 amide bonds. The minimum absolute atomic E-state index is 0.0507. The molecule has 1 aromatic carbocycles. The van der Waals surface area contributed by atoms with Crippen molar-refractivity contribution in [3.8, 4) is 0 Å². The number of benzene rings is 1. The van der Waals surface area contributed by atoms with Crippen molar-refractivity contribution in [1.82, 2.24) is 10.3 Å². The number of para-hydroxylation sites is 1. The number of thiazole rings is 1. The second kappa shape index (κ2) is 6.44. The van der Waals surface area contributed by atoms with Crippen LogP contribution in [-0.2, 0) is 16.1 Å². The number of carbonyl (C=O) groups excluding carboxylic acids is 1. The lowest BCUT2D eigenvalue weighted by Gasteiger charge is -2.25. The zero-order chi connectivity index (χ0) is 15.5. The van der Waals surface area contributed by atoms with Crippen LogP contribution in [0.3, 0.4) is 0 Å². The molecule has 0 bridgehead atoms. The maximum Gasteiger partial charge on any atom is 0.306 e. The number of fused-ring (bicyclic) bond motifs is 1. The molecule has 1 saturated carbocycles. The fourth-order valence-electron chi connectivity index (χ4n) is 2.95. The average molecular weight is 318 g/mol. The molecule has 0 saturated heterocycles. The van der Waals surface area contributed by atoms with Gasteiger partial charge in [-0.1, -0.05) is 18.6 Å². The van der Waals surface area contributed by atoms with Crippen LogP contribution >= 0.6 is 11.3 Å². The Kier molecular flexibility index (Phi) is 4.38. The first kappa shape index (κ1) is 15.0. The monoisotopic (exact) mass is 318 g/mol. The lowest BCUT2D eigenvalue weighted by atomic mass is 9.81. The number of aromatic nitrogens is 1. The predicted molar refractivity (Wildman–Crippen MR) is 84.6 cm³/mol. The number of rotatable bonds is 4. The van der Waals surface area contributed by atoms with Crippen molar-refractivity contribution in [2.24, 2.45) is 11.8 Å². The third-order valence-electron chi connectivity index (χ3n) is 4.15. The van der Waals surface area contributed by atoms with E-state index in [4.69, 9.17) is 5.11 Å². The molecular formula is C16H18N2O3S. The van der Waals surface area contributed by atoms with E-state index in [-0.39, 0.29) is 17.7 Å². The van der Waals surface area contributed by atoms with Crippen molar-refractivity contribution in [3.05, 3.63) is 29.3 Å². The zero-order valence-electron chi connectivity index (χ0n) is 12.1. The van der Waals surface area contributed by atoms with Gasteiger partial charge in [0.15, 0.2) is 0 Å². The molecule has 0 spiro atoms. The summed E-state index contributed by atoms with van der Waals surface area (Å²) in [7, 11) is 0. The van der Waals surface area contributed by atoms with Crippen LogP contribution in [0.25, 0.3) is 10.2 Å². The third kappa shape index (κ3) is 3.27. The molecule has 5 nitrogen and oxygen atoms in total. The molecule has 1 aromatic heterocycles. The minimum Gasteiger partial charge on any atom is -0.481 e. The van der Waals surface area contributed by atoms with Gasteiger partial charge in [0.05, 0.1) is 22.7 Å². The van der Waals surface area contributed by atoms with E-state index < -0.39 is 5.97 Å². The van der Waals surface area contributed by atoms with Crippen molar-refractivity contribution in [3.63, 3.8) is 0 Å². The van der Waals surface area contributed by atoms with E-state index in [1.54, 1.807) is 11.3 Å². The highest BCUT2D eigenvalue weighted by Gasteiger charge is 2.30. The van der Waals surface area contributed by atoms with E-state index in [0.717, 1.165) is 28.1 Å². The van der Waals surface area contributed by atoms with Gasteiger partial charge in [-0.25, -0.2) is 4.98 Å². The van der Waals surface area contributed by atoms with Gasteiger partial charge < -0.3 is 10.4 Å². The molecule has 1 aliphatic rings. The number of hydrogen-bond acceptors (Lipinski definition) is 4. The fraction of sp³-hybridized carbons (Fsp3) is 0.438. The molecule has 22 heavy (non-hydrogen) atoms. The summed E-state index contributed by atoms with van der Waals surface area (Å²) >= 11 is 1.57. The number of carboxylic acids is 1. The van der Waals surface area contributed by atoms with Crippen molar-refractivity contribution in [1.29, 1.82) is 0 Å². The molecule has 0 aliphatic heterocycles. The zero-order valence-corrected chi connectivity index (χ0v) is 12.9. The molecule has 3 rings (SSSR count). The van der Waals surface area contributed by atoms with Gasteiger partial charge in [-0.05, 0) is 31.4 Å². The lowest BCUT2D eigenvalue weighted by Crippen LogP contribution is -2.35. The Morgan fingerprint density at radius 2 is 2.05 bits per heavy atom. The van der Waals surface area contributed by atoms with Crippen LogP contribution in [0, 0.1) is 11.8 Å². The number of carbonyl (C=O) groups is 2. The van der Waals surface area contributed by atoms with Gasteiger partial charge in [-0.3, -0.25) is 9.59 Å². The van der Waals surface area contributed by atoms with Gasteiger partial charge in [0.2, 0.25) is 5.91 Å². The van der Waals surface area contributed by atoms with E-state index in [0.29, 0.717) is 19.4 Å². The number of hydrogen-bond donors (Lipinski definition) is 2. The first-order valence-corrected chi connectivity index (χ1v) is 8.30. The van der Waals surface area contributed by atoms with Crippen LogP contribution < -0.4 is 5.32 Å². The van der Waals surface area contributed by atoms with Crippen molar-refractivity contribution >= 4 is 33.4 Å². The Hall–Kier alpha value is -1.95. The number of amides is 1. The normalized spacial score (nSPS) is 21.6. The summed E-state index contributed by atoms with van der Waals surface area (Å²) in [6.45, 7) is 0.409. The number of aliphatic carboxylic acids is 1. The minimum atomic E-state index is -0.788. The van der Waals surface area contributed by atoms with Gasteiger partial charge in [0.1, 0.15) is 5.01 Å². The van der Waals surface area contributed by atoms with E-state index in [1.165, 1.54) is 0 Å². The van der Waals surface area contributed by atoms with Crippen molar-refractivity contribution in [2.45, 2.75) is 32.2 Å².